The third-order valence-electron chi connectivity index (χ3n) is 4.08. The highest BCUT2D eigenvalue weighted by Crippen LogP contribution is 2.12. The maximum Gasteiger partial charge on any atom is 0.252 e. The van der Waals surface area contributed by atoms with E-state index in [0.717, 1.165) is 16.8 Å². The molecule has 1 heterocycles. The van der Waals surface area contributed by atoms with Crippen LogP contribution in [0.1, 0.15) is 17.5 Å². The van der Waals surface area contributed by atoms with Crippen molar-refractivity contribution in [1.29, 1.82) is 0 Å². The van der Waals surface area contributed by atoms with Crippen molar-refractivity contribution in [1.82, 2.24) is 5.32 Å². The fourth-order valence-corrected chi connectivity index (χ4v) is 2.58. The Labute approximate surface area is 163 Å². The van der Waals surface area contributed by atoms with E-state index in [1.54, 1.807) is 12.1 Å². The summed E-state index contributed by atoms with van der Waals surface area (Å²) >= 11 is 0. The second-order valence-corrected chi connectivity index (χ2v) is 6.56. The number of hydrogen-bond donors (Lipinski definition) is 4. The van der Waals surface area contributed by atoms with Gasteiger partial charge in [0.15, 0.2) is 0 Å². The minimum Gasteiger partial charge on any atom is -0.369 e. The molecule has 1 aliphatic rings. The predicted octanol–water partition coefficient (Wildman–Crippen LogP) is 1.91. The molecule has 0 saturated heterocycles. The van der Waals surface area contributed by atoms with Crippen molar-refractivity contribution in [2.45, 2.75) is 26.3 Å². The molecule has 8 heteroatoms. The number of amides is 2. The minimum atomic E-state index is -0.837. The van der Waals surface area contributed by atoms with Gasteiger partial charge in [-0.15, -0.1) is 0 Å². The Hall–Kier alpha value is -3.68. The zero-order valence-electron chi connectivity index (χ0n) is 15.7. The first-order valence-electron chi connectivity index (χ1n) is 8.82. The van der Waals surface area contributed by atoms with Crippen LogP contribution in [0.3, 0.4) is 0 Å². The molecule has 0 radical (unpaired) electrons. The van der Waals surface area contributed by atoms with Crippen LogP contribution in [0, 0.1) is 13.8 Å². The largest absolute Gasteiger partial charge is 0.369 e. The van der Waals surface area contributed by atoms with E-state index in [9.17, 15) is 9.59 Å². The Morgan fingerprint density at radius 1 is 1.04 bits per heavy atom. The van der Waals surface area contributed by atoms with Crippen molar-refractivity contribution in [3.8, 4) is 0 Å². The summed E-state index contributed by atoms with van der Waals surface area (Å²) in [5.74, 6) is -0.521. The smallest absolute Gasteiger partial charge is 0.252 e. The first kappa shape index (κ1) is 19.1. The van der Waals surface area contributed by atoms with E-state index in [2.05, 4.69) is 25.9 Å². The molecule has 0 spiro atoms. The van der Waals surface area contributed by atoms with Gasteiger partial charge < -0.3 is 16.4 Å². The quantitative estimate of drug-likeness (QED) is 0.480. The summed E-state index contributed by atoms with van der Waals surface area (Å²) in [6.07, 6.45) is -0.0793. The molecule has 2 aromatic carbocycles. The molecule has 0 aromatic heterocycles. The number of nitrogens with one attached hydrogen (secondary N) is 3. The van der Waals surface area contributed by atoms with Crippen LogP contribution in [0.15, 0.2) is 58.5 Å². The lowest BCUT2D eigenvalue weighted by atomic mass is 10.2. The van der Waals surface area contributed by atoms with Crippen molar-refractivity contribution < 1.29 is 9.59 Å². The van der Waals surface area contributed by atoms with Crippen LogP contribution < -0.4 is 21.7 Å². The Bertz CT molecular complexity index is 932. The number of aliphatic imine (C=N–C) groups is 2. The Kier molecular flexibility index (Phi) is 5.69. The molecule has 2 aromatic rings. The predicted molar refractivity (Wildman–Crippen MR) is 110 cm³/mol. The monoisotopic (exact) mass is 378 g/mol. The number of anilines is 2. The molecule has 0 aliphatic carbocycles. The normalized spacial score (nSPS) is 16.4. The standard InChI is InChI=1S/C20H22N6O2/c1-12-3-7-14(8-4-12)22-17(27)11-16-18(28)25-20(24-16)26-19(21)23-15-9-5-13(2)6-10-15/h3-10,16H,11H2,1-2H3,(H,22,27)(H4,21,23,24,25,26,28)/t16-/m1/s1. The van der Waals surface area contributed by atoms with Crippen LogP contribution in [-0.4, -0.2) is 29.8 Å². The van der Waals surface area contributed by atoms with Crippen LogP contribution in [-0.2, 0) is 9.59 Å². The molecule has 0 saturated carbocycles. The van der Waals surface area contributed by atoms with E-state index >= 15 is 0 Å². The number of benzene rings is 2. The molecule has 0 fully saturated rings. The molecule has 3 rings (SSSR count). The summed E-state index contributed by atoms with van der Waals surface area (Å²) < 4.78 is 0. The van der Waals surface area contributed by atoms with Gasteiger partial charge in [-0.1, -0.05) is 35.4 Å². The molecule has 5 N–H and O–H groups in total. The molecule has 1 atom stereocenters. The van der Waals surface area contributed by atoms with Gasteiger partial charge in [0.1, 0.15) is 6.04 Å². The Balaban J connectivity index is 1.59. The Morgan fingerprint density at radius 2 is 1.57 bits per heavy atom. The molecular formula is C20H22N6O2. The van der Waals surface area contributed by atoms with Gasteiger partial charge in [0.05, 0.1) is 6.42 Å². The molecule has 0 bridgehead atoms. The van der Waals surface area contributed by atoms with E-state index in [0.29, 0.717) is 5.69 Å². The van der Waals surface area contributed by atoms with Crippen LogP contribution in [0.4, 0.5) is 11.4 Å². The van der Waals surface area contributed by atoms with Gasteiger partial charge in [0.25, 0.3) is 5.91 Å². The summed E-state index contributed by atoms with van der Waals surface area (Å²) in [5.41, 5.74) is 9.52. The molecule has 144 valence electrons. The van der Waals surface area contributed by atoms with Crippen molar-refractivity contribution in [3.05, 3.63) is 59.7 Å². The number of hydrogen-bond acceptors (Lipinski definition) is 4. The molecule has 2 amide bonds. The maximum atomic E-state index is 12.2. The first-order valence-corrected chi connectivity index (χ1v) is 8.82. The SMILES string of the molecule is Cc1ccc(NC(=O)C[C@H]2N=C(N=C(N)Nc3ccc(C)cc3)NC2=O)cc1. The number of guanidine groups is 2. The molecule has 28 heavy (non-hydrogen) atoms. The Morgan fingerprint density at radius 3 is 2.14 bits per heavy atom. The second kappa shape index (κ2) is 8.34. The van der Waals surface area contributed by atoms with E-state index in [1.807, 2.05) is 50.2 Å². The molecule has 1 aliphatic heterocycles. The second-order valence-electron chi connectivity index (χ2n) is 6.56. The van der Waals surface area contributed by atoms with Crippen molar-refractivity contribution >= 4 is 35.1 Å². The number of carbonyl (C=O) groups is 2. The van der Waals surface area contributed by atoms with Gasteiger partial charge in [0.2, 0.25) is 17.8 Å². The van der Waals surface area contributed by atoms with Gasteiger partial charge in [0, 0.05) is 11.4 Å². The fourth-order valence-electron chi connectivity index (χ4n) is 2.58. The molecule has 0 unspecified atom stereocenters. The van der Waals surface area contributed by atoms with Gasteiger partial charge in [-0.2, -0.15) is 4.99 Å². The topological polar surface area (TPSA) is 121 Å². The average Bonchev–Trinajstić information content (AvgIpc) is 2.97. The highest BCUT2D eigenvalue weighted by Gasteiger charge is 2.28. The van der Waals surface area contributed by atoms with Gasteiger partial charge >= 0.3 is 0 Å². The number of nitrogens with zero attached hydrogens (tertiary/aromatic N) is 2. The number of carbonyl (C=O) groups excluding carboxylic acids is 2. The zero-order chi connectivity index (χ0) is 20.1. The molecule has 8 nitrogen and oxygen atoms in total. The number of aryl methyl sites for hydroxylation is 2. The van der Waals surface area contributed by atoms with E-state index < -0.39 is 6.04 Å². The number of rotatable bonds is 4. The third-order valence-corrected chi connectivity index (χ3v) is 4.08. The number of nitrogens with two attached hydrogens (primary N) is 1. The van der Waals surface area contributed by atoms with E-state index in [4.69, 9.17) is 5.73 Å². The zero-order valence-corrected chi connectivity index (χ0v) is 15.7. The van der Waals surface area contributed by atoms with Gasteiger partial charge in [-0.25, -0.2) is 4.99 Å². The fraction of sp³-hybridized carbons (Fsp3) is 0.200. The van der Waals surface area contributed by atoms with Crippen molar-refractivity contribution in [2.24, 2.45) is 15.7 Å². The summed E-state index contributed by atoms with van der Waals surface area (Å²) in [6.45, 7) is 3.95. The lowest BCUT2D eigenvalue weighted by Crippen LogP contribution is -2.32. The summed E-state index contributed by atoms with van der Waals surface area (Å²) in [6, 6.07) is 14.2. The van der Waals surface area contributed by atoms with Crippen molar-refractivity contribution in [2.75, 3.05) is 10.6 Å². The lowest BCUT2D eigenvalue weighted by molar-refractivity contribution is -0.123. The van der Waals surface area contributed by atoms with Gasteiger partial charge in [-0.3, -0.25) is 14.9 Å². The maximum absolute atomic E-state index is 12.2. The highest BCUT2D eigenvalue weighted by atomic mass is 16.2. The van der Waals surface area contributed by atoms with E-state index in [-0.39, 0.29) is 30.2 Å². The summed E-state index contributed by atoms with van der Waals surface area (Å²) in [4.78, 5) is 32.4. The summed E-state index contributed by atoms with van der Waals surface area (Å²) in [7, 11) is 0. The van der Waals surface area contributed by atoms with E-state index in [1.165, 1.54) is 0 Å². The average molecular weight is 378 g/mol. The van der Waals surface area contributed by atoms with Crippen LogP contribution in [0.2, 0.25) is 0 Å². The van der Waals surface area contributed by atoms with Crippen LogP contribution in [0.5, 0.6) is 0 Å². The van der Waals surface area contributed by atoms with Gasteiger partial charge in [-0.05, 0) is 38.1 Å². The lowest BCUT2D eigenvalue weighted by Gasteiger charge is -2.07. The van der Waals surface area contributed by atoms with Crippen LogP contribution >= 0.6 is 0 Å². The minimum absolute atomic E-state index is 0.0789. The third kappa shape index (κ3) is 5.16. The molecular weight excluding hydrogens is 356 g/mol. The first-order chi connectivity index (χ1) is 13.4. The summed E-state index contributed by atoms with van der Waals surface area (Å²) in [5, 5.41) is 8.20. The highest BCUT2D eigenvalue weighted by molar-refractivity contribution is 6.11. The van der Waals surface area contributed by atoms with Crippen LogP contribution in [0.25, 0.3) is 0 Å². The van der Waals surface area contributed by atoms with Crippen molar-refractivity contribution in [3.63, 3.8) is 0 Å².